The molecular weight excluding hydrogens is 336 g/mol. The van der Waals surface area contributed by atoms with Crippen LogP contribution in [0.2, 0.25) is 0 Å². The number of furan rings is 1. The fourth-order valence-corrected chi connectivity index (χ4v) is 1.94. The highest BCUT2D eigenvalue weighted by atomic mass is 79.9. The number of nitrogens with one attached hydrogen (secondary N) is 1. The Balaban J connectivity index is 1.98. The number of aliphatic hydroxyl groups is 1. The normalized spacial score (nSPS) is 12.2. The monoisotopic (exact) mass is 345 g/mol. The molecule has 1 aromatic heterocycles. The molecule has 7 heteroatoms. The van der Waals surface area contributed by atoms with Gasteiger partial charge >= 0.3 is 0 Å². The van der Waals surface area contributed by atoms with Gasteiger partial charge in [0.2, 0.25) is 5.76 Å². The maximum Gasteiger partial charge on any atom is 0.288 e. The second-order valence-electron chi connectivity index (χ2n) is 4.00. The molecule has 0 fully saturated rings. The molecule has 1 amide bonds. The van der Waals surface area contributed by atoms with E-state index in [0.29, 0.717) is 4.47 Å². The van der Waals surface area contributed by atoms with Crippen LogP contribution < -0.4 is 5.32 Å². The first-order chi connectivity index (χ1) is 9.49. The van der Waals surface area contributed by atoms with Crippen LogP contribution in [0.4, 0.5) is 8.78 Å². The molecule has 0 radical (unpaired) electrons. The Bertz CT molecular complexity index is 630. The van der Waals surface area contributed by atoms with Crippen molar-refractivity contribution in [2.75, 3.05) is 6.54 Å². The van der Waals surface area contributed by atoms with E-state index in [0.717, 1.165) is 12.1 Å². The summed E-state index contributed by atoms with van der Waals surface area (Å²) in [6, 6.07) is 4.60. The fraction of sp³-hybridized carbons (Fsp3) is 0.154. The molecule has 2 N–H and O–H groups in total. The van der Waals surface area contributed by atoms with Crippen molar-refractivity contribution in [1.29, 1.82) is 0 Å². The molecule has 0 aliphatic carbocycles. The molecule has 0 aliphatic rings. The van der Waals surface area contributed by atoms with Crippen LogP contribution in [0.15, 0.2) is 39.4 Å². The first-order valence-corrected chi connectivity index (χ1v) is 6.42. The molecule has 20 heavy (non-hydrogen) atoms. The van der Waals surface area contributed by atoms with E-state index in [1.165, 1.54) is 12.3 Å². The molecule has 2 aromatic rings. The third kappa shape index (κ3) is 3.23. The summed E-state index contributed by atoms with van der Waals surface area (Å²) in [5.74, 6) is -2.50. The third-order valence-electron chi connectivity index (χ3n) is 2.61. The van der Waals surface area contributed by atoms with Gasteiger partial charge in [0, 0.05) is 6.54 Å². The molecular formula is C13H10BrF2NO3. The average Bonchev–Trinajstić information content (AvgIpc) is 2.85. The number of hydrogen-bond acceptors (Lipinski definition) is 3. The molecule has 0 bridgehead atoms. The lowest BCUT2D eigenvalue weighted by Gasteiger charge is -2.12. The van der Waals surface area contributed by atoms with E-state index in [1.54, 1.807) is 6.07 Å². The van der Waals surface area contributed by atoms with Gasteiger partial charge in [-0.1, -0.05) is 6.07 Å². The largest absolute Gasteiger partial charge is 0.458 e. The highest BCUT2D eigenvalue weighted by Gasteiger charge is 2.16. The second kappa shape index (κ2) is 6.15. The summed E-state index contributed by atoms with van der Waals surface area (Å²) in [5.41, 5.74) is 0.169. The van der Waals surface area contributed by atoms with E-state index in [9.17, 15) is 18.7 Å². The van der Waals surface area contributed by atoms with Crippen LogP contribution >= 0.6 is 15.9 Å². The molecule has 0 aliphatic heterocycles. The summed E-state index contributed by atoms with van der Waals surface area (Å²) in [4.78, 5) is 11.7. The maximum absolute atomic E-state index is 13.0. The van der Waals surface area contributed by atoms with Crippen molar-refractivity contribution in [2.45, 2.75) is 6.10 Å². The zero-order chi connectivity index (χ0) is 14.7. The summed E-state index contributed by atoms with van der Waals surface area (Å²) in [7, 11) is 0. The maximum atomic E-state index is 13.0. The molecule has 0 unspecified atom stereocenters. The van der Waals surface area contributed by atoms with E-state index in [1.807, 2.05) is 0 Å². The Labute approximate surface area is 121 Å². The van der Waals surface area contributed by atoms with Crippen LogP contribution in [0, 0.1) is 11.6 Å². The van der Waals surface area contributed by atoms with Gasteiger partial charge < -0.3 is 14.8 Å². The Hall–Kier alpha value is -1.73. The van der Waals surface area contributed by atoms with Crippen molar-refractivity contribution in [3.63, 3.8) is 0 Å². The lowest BCUT2D eigenvalue weighted by Crippen LogP contribution is -2.28. The van der Waals surface area contributed by atoms with Gasteiger partial charge in [0.15, 0.2) is 11.6 Å². The zero-order valence-electron chi connectivity index (χ0n) is 10.1. The summed E-state index contributed by atoms with van der Waals surface area (Å²) in [5, 5.41) is 12.2. The van der Waals surface area contributed by atoms with E-state index in [-0.39, 0.29) is 17.9 Å². The van der Waals surface area contributed by atoms with Crippen LogP contribution in [0.5, 0.6) is 0 Å². The highest BCUT2D eigenvalue weighted by molar-refractivity contribution is 9.10. The summed E-state index contributed by atoms with van der Waals surface area (Å²) < 4.78 is 31.2. The van der Waals surface area contributed by atoms with E-state index in [2.05, 4.69) is 21.2 Å². The van der Waals surface area contributed by atoms with Gasteiger partial charge in [-0.3, -0.25) is 4.79 Å². The van der Waals surface area contributed by atoms with Gasteiger partial charge in [-0.05, 0) is 39.7 Å². The third-order valence-corrected chi connectivity index (χ3v) is 3.23. The second-order valence-corrected chi connectivity index (χ2v) is 4.85. The summed E-state index contributed by atoms with van der Waals surface area (Å²) in [6.45, 7) is -0.156. The number of aliphatic hydroxyl groups excluding tert-OH is 1. The molecule has 1 atom stereocenters. The molecule has 0 saturated carbocycles. The van der Waals surface area contributed by atoms with Crippen LogP contribution in [0.3, 0.4) is 0 Å². The average molecular weight is 346 g/mol. The van der Waals surface area contributed by atoms with Gasteiger partial charge in [-0.25, -0.2) is 8.78 Å². The Morgan fingerprint density at radius 3 is 2.70 bits per heavy atom. The topological polar surface area (TPSA) is 62.5 Å². The SMILES string of the molecule is O=C(NC[C@H](O)c1ccc(F)c(F)c1)c1occc1Br. The minimum atomic E-state index is -1.15. The van der Waals surface area contributed by atoms with Gasteiger partial charge in [0.1, 0.15) is 0 Å². The Morgan fingerprint density at radius 1 is 1.35 bits per heavy atom. The molecule has 0 spiro atoms. The quantitative estimate of drug-likeness (QED) is 0.895. The van der Waals surface area contributed by atoms with Crippen molar-refractivity contribution in [3.05, 3.63) is 58.0 Å². The Morgan fingerprint density at radius 2 is 2.10 bits per heavy atom. The molecule has 1 heterocycles. The number of carbonyl (C=O) groups is 1. The molecule has 4 nitrogen and oxygen atoms in total. The molecule has 106 valence electrons. The predicted octanol–water partition coefficient (Wildman–Crippen LogP) is 2.78. The number of amides is 1. The smallest absolute Gasteiger partial charge is 0.288 e. The van der Waals surface area contributed by atoms with Gasteiger partial charge in [-0.2, -0.15) is 0 Å². The number of benzene rings is 1. The van der Waals surface area contributed by atoms with E-state index >= 15 is 0 Å². The number of halogens is 3. The molecule has 2 rings (SSSR count). The van der Waals surface area contributed by atoms with E-state index < -0.39 is 23.6 Å². The van der Waals surface area contributed by atoms with Crippen LogP contribution in [-0.4, -0.2) is 17.6 Å². The summed E-state index contributed by atoms with van der Waals surface area (Å²) in [6.07, 6.45) is 0.188. The number of rotatable bonds is 4. The number of hydrogen-bond donors (Lipinski definition) is 2. The van der Waals surface area contributed by atoms with Crippen molar-refractivity contribution in [1.82, 2.24) is 5.32 Å². The highest BCUT2D eigenvalue weighted by Crippen LogP contribution is 2.18. The van der Waals surface area contributed by atoms with Crippen molar-refractivity contribution in [3.8, 4) is 0 Å². The zero-order valence-corrected chi connectivity index (χ0v) is 11.7. The van der Waals surface area contributed by atoms with Crippen LogP contribution in [0.25, 0.3) is 0 Å². The first kappa shape index (κ1) is 14.7. The van der Waals surface area contributed by atoms with Gasteiger partial charge in [-0.15, -0.1) is 0 Å². The molecule has 1 aromatic carbocycles. The standard InChI is InChI=1S/C13H10BrF2NO3/c14-8-3-4-20-12(8)13(19)17-6-11(18)7-1-2-9(15)10(16)5-7/h1-5,11,18H,6H2,(H,17,19)/t11-/m0/s1. The summed E-state index contributed by atoms with van der Waals surface area (Å²) >= 11 is 3.13. The van der Waals surface area contributed by atoms with Crippen molar-refractivity contribution >= 4 is 21.8 Å². The number of carbonyl (C=O) groups excluding carboxylic acids is 1. The minimum Gasteiger partial charge on any atom is -0.458 e. The lowest BCUT2D eigenvalue weighted by atomic mass is 10.1. The Kier molecular flexibility index (Phi) is 4.51. The van der Waals surface area contributed by atoms with Gasteiger partial charge in [0.25, 0.3) is 5.91 Å². The van der Waals surface area contributed by atoms with Gasteiger partial charge in [0.05, 0.1) is 16.8 Å². The lowest BCUT2D eigenvalue weighted by molar-refractivity contribution is 0.0888. The molecule has 0 saturated heterocycles. The van der Waals surface area contributed by atoms with Crippen LogP contribution in [0.1, 0.15) is 22.2 Å². The van der Waals surface area contributed by atoms with Crippen molar-refractivity contribution < 1.29 is 23.1 Å². The van der Waals surface area contributed by atoms with E-state index in [4.69, 9.17) is 4.42 Å². The first-order valence-electron chi connectivity index (χ1n) is 5.63. The predicted molar refractivity (Wildman–Crippen MR) is 70.1 cm³/mol. The van der Waals surface area contributed by atoms with Crippen LogP contribution in [-0.2, 0) is 0 Å². The van der Waals surface area contributed by atoms with Crippen molar-refractivity contribution in [2.24, 2.45) is 0 Å². The minimum absolute atomic E-state index is 0.0717. The fourth-order valence-electron chi connectivity index (χ4n) is 1.56.